The molecule has 0 spiro atoms. The molecule has 0 aliphatic heterocycles. The summed E-state index contributed by atoms with van der Waals surface area (Å²) >= 11 is 0. The van der Waals surface area contributed by atoms with Crippen LogP contribution in [0.4, 0.5) is 0 Å². The number of carbonyl (C=O) groups excluding carboxylic acids is 2. The summed E-state index contributed by atoms with van der Waals surface area (Å²) in [6.07, 6.45) is 3.27. The summed E-state index contributed by atoms with van der Waals surface area (Å²) in [7, 11) is 0. The summed E-state index contributed by atoms with van der Waals surface area (Å²) in [4.78, 5) is 22.2. The highest BCUT2D eigenvalue weighted by molar-refractivity contribution is 6.01. The molecule has 1 aliphatic rings. The Morgan fingerprint density at radius 3 is 2.77 bits per heavy atom. The Kier molecular flexibility index (Phi) is 3.01. The van der Waals surface area contributed by atoms with Gasteiger partial charge < -0.3 is 4.74 Å². The first-order chi connectivity index (χ1) is 6.15. The minimum Gasteiger partial charge on any atom is -0.462 e. The van der Waals surface area contributed by atoms with Crippen molar-refractivity contribution in [2.75, 3.05) is 6.61 Å². The molecule has 0 aromatic heterocycles. The minimum atomic E-state index is -0.344. The van der Waals surface area contributed by atoms with Gasteiger partial charge in [-0.25, -0.2) is 4.79 Å². The molecule has 0 fully saturated rings. The molecule has 0 atom stereocenters. The van der Waals surface area contributed by atoms with Crippen LogP contribution >= 0.6 is 0 Å². The molecule has 3 heteroatoms. The predicted molar refractivity (Wildman–Crippen MR) is 48.1 cm³/mol. The Bertz CT molecular complexity index is 297. The normalized spacial score (nSPS) is 16.3. The number of hydrogen-bond donors (Lipinski definition) is 0. The van der Waals surface area contributed by atoms with Crippen LogP contribution in [-0.4, -0.2) is 18.4 Å². The molecule has 0 bridgehead atoms. The first kappa shape index (κ1) is 9.71. The first-order valence-electron chi connectivity index (χ1n) is 4.23. The van der Waals surface area contributed by atoms with Crippen molar-refractivity contribution in [1.29, 1.82) is 0 Å². The lowest BCUT2D eigenvalue weighted by Gasteiger charge is -2.10. The zero-order chi connectivity index (χ0) is 9.84. The third-order valence-corrected chi connectivity index (χ3v) is 1.83. The highest BCUT2D eigenvalue weighted by atomic mass is 16.5. The van der Waals surface area contributed by atoms with Gasteiger partial charge in [0.1, 0.15) is 0 Å². The Morgan fingerprint density at radius 1 is 1.54 bits per heavy atom. The van der Waals surface area contributed by atoms with E-state index in [1.165, 1.54) is 12.2 Å². The van der Waals surface area contributed by atoms with E-state index in [2.05, 4.69) is 0 Å². The third-order valence-electron chi connectivity index (χ3n) is 1.83. The van der Waals surface area contributed by atoms with Crippen molar-refractivity contribution in [1.82, 2.24) is 0 Å². The van der Waals surface area contributed by atoms with Crippen molar-refractivity contribution < 1.29 is 14.3 Å². The zero-order valence-electron chi connectivity index (χ0n) is 7.79. The van der Waals surface area contributed by atoms with Gasteiger partial charge in [-0.3, -0.25) is 4.79 Å². The van der Waals surface area contributed by atoms with Crippen LogP contribution in [0.1, 0.15) is 20.3 Å². The molecule has 0 amide bonds. The maximum absolute atomic E-state index is 11.3. The molecule has 0 aromatic rings. The molecule has 0 saturated carbocycles. The summed E-state index contributed by atoms with van der Waals surface area (Å²) in [5, 5.41) is 0. The third kappa shape index (κ3) is 2.28. The fourth-order valence-electron chi connectivity index (χ4n) is 1.19. The maximum atomic E-state index is 11.3. The van der Waals surface area contributed by atoms with Crippen LogP contribution in [0.3, 0.4) is 0 Å². The Morgan fingerprint density at radius 2 is 2.23 bits per heavy atom. The quantitative estimate of drug-likeness (QED) is 0.603. The van der Waals surface area contributed by atoms with Gasteiger partial charge in [0.15, 0.2) is 5.78 Å². The standard InChI is InChI=1S/C10H12O3/c1-3-13-10(12)9-5-4-8(11)6-7(9)2/h4-5H,3,6H2,1-2H3. The molecule has 1 rings (SSSR count). The lowest BCUT2D eigenvalue weighted by molar-refractivity contribution is -0.138. The largest absolute Gasteiger partial charge is 0.462 e. The minimum absolute atomic E-state index is 0.0329. The number of hydrogen-bond acceptors (Lipinski definition) is 3. The average molecular weight is 180 g/mol. The maximum Gasteiger partial charge on any atom is 0.338 e. The van der Waals surface area contributed by atoms with Gasteiger partial charge >= 0.3 is 5.97 Å². The van der Waals surface area contributed by atoms with Crippen LogP contribution in [-0.2, 0) is 14.3 Å². The van der Waals surface area contributed by atoms with Crippen molar-refractivity contribution in [3.63, 3.8) is 0 Å². The van der Waals surface area contributed by atoms with Crippen molar-refractivity contribution >= 4 is 11.8 Å². The summed E-state index contributed by atoms with van der Waals surface area (Å²) in [5.74, 6) is -0.311. The van der Waals surface area contributed by atoms with Crippen LogP contribution in [0, 0.1) is 0 Å². The Balaban J connectivity index is 2.80. The monoisotopic (exact) mass is 180 g/mol. The van der Waals surface area contributed by atoms with E-state index in [9.17, 15) is 9.59 Å². The van der Waals surface area contributed by atoms with Gasteiger partial charge in [0.05, 0.1) is 12.2 Å². The van der Waals surface area contributed by atoms with Gasteiger partial charge in [0.25, 0.3) is 0 Å². The number of esters is 1. The topological polar surface area (TPSA) is 43.4 Å². The molecular weight excluding hydrogens is 168 g/mol. The number of ether oxygens (including phenoxy) is 1. The van der Waals surface area contributed by atoms with Gasteiger partial charge in [-0.05, 0) is 26.0 Å². The molecule has 1 aliphatic carbocycles. The van der Waals surface area contributed by atoms with E-state index in [0.717, 1.165) is 5.57 Å². The van der Waals surface area contributed by atoms with Gasteiger partial charge in [-0.1, -0.05) is 5.57 Å². The fraction of sp³-hybridized carbons (Fsp3) is 0.400. The summed E-state index contributed by atoms with van der Waals surface area (Å²) < 4.78 is 4.83. The van der Waals surface area contributed by atoms with E-state index in [4.69, 9.17) is 4.74 Å². The van der Waals surface area contributed by atoms with Crippen LogP contribution in [0.5, 0.6) is 0 Å². The first-order valence-corrected chi connectivity index (χ1v) is 4.23. The molecule has 0 unspecified atom stereocenters. The van der Waals surface area contributed by atoms with E-state index in [0.29, 0.717) is 18.6 Å². The average Bonchev–Trinajstić information content (AvgIpc) is 2.04. The van der Waals surface area contributed by atoms with Gasteiger partial charge in [-0.2, -0.15) is 0 Å². The molecular formula is C10H12O3. The van der Waals surface area contributed by atoms with Crippen molar-refractivity contribution in [3.8, 4) is 0 Å². The lowest BCUT2D eigenvalue weighted by atomic mass is 9.98. The molecule has 3 nitrogen and oxygen atoms in total. The summed E-state index contributed by atoms with van der Waals surface area (Å²) in [6, 6.07) is 0. The summed E-state index contributed by atoms with van der Waals surface area (Å²) in [5.41, 5.74) is 1.30. The van der Waals surface area contributed by atoms with Crippen molar-refractivity contribution in [3.05, 3.63) is 23.3 Å². The van der Waals surface area contributed by atoms with Crippen LogP contribution < -0.4 is 0 Å². The molecule has 0 aromatic carbocycles. The fourth-order valence-corrected chi connectivity index (χ4v) is 1.19. The second-order valence-electron chi connectivity index (χ2n) is 2.89. The molecule has 0 N–H and O–H groups in total. The second-order valence-corrected chi connectivity index (χ2v) is 2.89. The predicted octanol–water partition coefficient (Wildman–Crippen LogP) is 1.40. The van der Waals surface area contributed by atoms with E-state index < -0.39 is 0 Å². The smallest absolute Gasteiger partial charge is 0.338 e. The van der Waals surface area contributed by atoms with E-state index in [-0.39, 0.29) is 11.8 Å². The number of allylic oxidation sites excluding steroid dienone is 2. The number of ketones is 1. The molecule has 0 saturated heterocycles. The number of carbonyl (C=O) groups is 2. The highest BCUT2D eigenvalue weighted by Gasteiger charge is 2.16. The van der Waals surface area contributed by atoms with Gasteiger partial charge in [-0.15, -0.1) is 0 Å². The molecule has 70 valence electrons. The second kappa shape index (κ2) is 4.03. The van der Waals surface area contributed by atoms with Crippen LogP contribution in [0.25, 0.3) is 0 Å². The number of rotatable bonds is 2. The SMILES string of the molecule is CCOC(=O)C1=C(C)CC(=O)C=C1. The molecule has 0 heterocycles. The van der Waals surface area contributed by atoms with E-state index in [1.807, 2.05) is 0 Å². The van der Waals surface area contributed by atoms with Crippen LogP contribution in [0.15, 0.2) is 23.3 Å². The van der Waals surface area contributed by atoms with Crippen molar-refractivity contribution in [2.45, 2.75) is 20.3 Å². The Hall–Kier alpha value is -1.38. The van der Waals surface area contributed by atoms with Gasteiger partial charge in [0, 0.05) is 6.42 Å². The van der Waals surface area contributed by atoms with Crippen molar-refractivity contribution in [2.24, 2.45) is 0 Å². The highest BCUT2D eigenvalue weighted by Crippen LogP contribution is 2.17. The molecule has 0 radical (unpaired) electrons. The van der Waals surface area contributed by atoms with E-state index >= 15 is 0 Å². The zero-order valence-corrected chi connectivity index (χ0v) is 7.79. The molecule has 13 heavy (non-hydrogen) atoms. The van der Waals surface area contributed by atoms with Crippen LogP contribution in [0.2, 0.25) is 0 Å². The lowest BCUT2D eigenvalue weighted by Crippen LogP contribution is -2.12. The van der Waals surface area contributed by atoms with E-state index in [1.54, 1.807) is 13.8 Å². The van der Waals surface area contributed by atoms with Gasteiger partial charge in [0.2, 0.25) is 0 Å². The summed E-state index contributed by atoms with van der Waals surface area (Å²) in [6.45, 7) is 3.89. The Labute approximate surface area is 77.1 Å².